The third-order valence-electron chi connectivity index (χ3n) is 2.89. The normalized spacial score (nSPS) is 41.8. The van der Waals surface area contributed by atoms with Crippen molar-refractivity contribution >= 4 is 0 Å². The summed E-state index contributed by atoms with van der Waals surface area (Å²) in [4.78, 5) is 0. The van der Waals surface area contributed by atoms with E-state index in [1.165, 1.54) is 19.3 Å². The van der Waals surface area contributed by atoms with Gasteiger partial charge in [0, 0.05) is 5.54 Å². The highest BCUT2D eigenvalue weighted by molar-refractivity contribution is 5.13. The van der Waals surface area contributed by atoms with E-state index >= 15 is 0 Å². The second-order valence-electron chi connectivity index (χ2n) is 3.76. The average molecular weight is 137 g/mol. The van der Waals surface area contributed by atoms with Crippen LogP contribution in [0.1, 0.15) is 25.7 Å². The summed E-state index contributed by atoms with van der Waals surface area (Å²) in [6.07, 6.45) is 7.45. The quantitative estimate of drug-likeness (QED) is 0.459. The predicted octanol–water partition coefficient (Wildman–Crippen LogP) is 1.70. The number of rotatable bonds is 4. The molecule has 3 rings (SSSR count). The SMILES string of the molecule is C=CCCNC12CC(C1)C2. The number of nitrogens with one attached hydrogen (secondary N) is 1. The lowest BCUT2D eigenvalue weighted by molar-refractivity contribution is -0.0497. The molecule has 0 saturated heterocycles. The molecule has 0 aromatic heterocycles. The van der Waals surface area contributed by atoms with E-state index in [0.717, 1.165) is 18.9 Å². The minimum Gasteiger partial charge on any atom is -0.311 e. The van der Waals surface area contributed by atoms with Crippen LogP contribution >= 0.6 is 0 Å². The fourth-order valence-electron chi connectivity index (χ4n) is 2.13. The molecule has 10 heavy (non-hydrogen) atoms. The molecule has 1 N–H and O–H groups in total. The second-order valence-corrected chi connectivity index (χ2v) is 3.76. The Bertz CT molecular complexity index is 134. The largest absolute Gasteiger partial charge is 0.311 e. The van der Waals surface area contributed by atoms with Crippen molar-refractivity contribution in [2.45, 2.75) is 31.2 Å². The first-order valence-corrected chi connectivity index (χ1v) is 4.21. The van der Waals surface area contributed by atoms with Crippen LogP contribution in [-0.2, 0) is 0 Å². The van der Waals surface area contributed by atoms with Crippen molar-refractivity contribution in [2.24, 2.45) is 5.92 Å². The van der Waals surface area contributed by atoms with Gasteiger partial charge in [-0.2, -0.15) is 0 Å². The highest BCUT2D eigenvalue weighted by atomic mass is 15.0. The van der Waals surface area contributed by atoms with E-state index in [9.17, 15) is 0 Å². The molecule has 0 aromatic rings. The van der Waals surface area contributed by atoms with Crippen molar-refractivity contribution in [3.8, 4) is 0 Å². The van der Waals surface area contributed by atoms with Crippen LogP contribution in [0.3, 0.4) is 0 Å². The van der Waals surface area contributed by atoms with Crippen LogP contribution in [0, 0.1) is 5.92 Å². The third kappa shape index (κ3) is 0.807. The Labute approximate surface area is 62.5 Å². The van der Waals surface area contributed by atoms with Crippen LogP contribution in [0.5, 0.6) is 0 Å². The molecule has 2 bridgehead atoms. The Morgan fingerprint density at radius 2 is 2.20 bits per heavy atom. The zero-order valence-electron chi connectivity index (χ0n) is 6.40. The highest BCUT2D eigenvalue weighted by Crippen LogP contribution is 2.56. The summed E-state index contributed by atoms with van der Waals surface area (Å²) in [7, 11) is 0. The van der Waals surface area contributed by atoms with E-state index in [1.54, 1.807) is 0 Å². The molecule has 0 unspecified atom stereocenters. The molecule has 0 aliphatic heterocycles. The molecular formula is C9H15N. The van der Waals surface area contributed by atoms with Gasteiger partial charge < -0.3 is 5.32 Å². The van der Waals surface area contributed by atoms with Gasteiger partial charge in [-0.25, -0.2) is 0 Å². The van der Waals surface area contributed by atoms with Crippen molar-refractivity contribution in [2.75, 3.05) is 6.54 Å². The zero-order chi connectivity index (χ0) is 7.03. The average Bonchev–Trinajstić information content (AvgIpc) is 1.72. The maximum absolute atomic E-state index is 3.70. The van der Waals surface area contributed by atoms with Gasteiger partial charge in [0.15, 0.2) is 0 Å². The van der Waals surface area contributed by atoms with Crippen LogP contribution in [0.2, 0.25) is 0 Å². The summed E-state index contributed by atoms with van der Waals surface area (Å²) in [5, 5.41) is 3.59. The van der Waals surface area contributed by atoms with Gasteiger partial charge in [0.25, 0.3) is 0 Å². The Kier molecular flexibility index (Phi) is 1.34. The molecule has 3 aliphatic carbocycles. The van der Waals surface area contributed by atoms with E-state index in [1.807, 2.05) is 6.08 Å². The lowest BCUT2D eigenvalue weighted by Crippen LogP contribution is -2.66. The second kappa shape index (κ2) is 2.09. The van der Waals surface area contributed by atoms with Crippen LogP contribution in [0.4, 0.5) is 0 Å². The summed E-state index contributed by atoms with van der Waals surface area (Å²) in [6, 6.07) is 0. The van der Waals surface area contributed by atoms with Crippen molar-refractivity contribution in [1.82, 2.24) is 5.32 Å². The fraction of sp³-hybridized carbons (Fsp3) is 0.778. The van der Waals surface area contributed by atoms with E-state index < -0.39 is 0 Å². The predicted molar refractivity (Wildman–Crippen MR) is 42.9 cm³/mol. The van der Waals surface area contributed by atoms with Gasteiger partial charge in [-0.3, -0.25) is 0 Å². The van der Waals surface area contributed by atoms with Gasteiger partial charge in [0.1, 0.15) is 0 Å². The molecule has 0 radical (unpaired) electrons. The van der Waals surface area contributed by atoms with Gasteiger partial charge in [0.2, 0.25) is 0 Å². The summed E-state index contributed by atoms with van der Waals surface area (Å²) in [6.45, 7) is 4.83. The number of hydrogen-bond acceptors (Lipinski definition) is 1. The van der Waals surface area contributed by atoms with E-state index in [2.05, 4.69) is 11.9 Å². The van der Waals surface area contributed by atoms with Crippen LogP contribution < -0.4 is 5.32 Å². The molecule has 3 saturated carbocycles. The topological polar surface area (TPSA) is 12.0 Å². The Hall–Kier alpha value is -0.300. The van der Waals surface area contributed by atoms with E-state index in [4.69, 9.17) is 0 Å². The van der Waals surface area contributed by atoms with Gasteiger partial charge in [0.05, 0.1) is 0 Å². The molecule has 1 nitrogen and oxygen atoms in total. The highest BCUT2D eigenvalue weighted by Gasteiger charge is 2.55. The van der Waals surface area contributed by atoms with Gasteiger partial charge in [-0.1, -0.05) is 6.08 Å². The first kappa shape index (κ1) is 6.41. The summed E-state index contributed by atoms with van der Waals surface area (Å²) in [5.74, 6) is 1.09. The van der Waals surface area contributed by atoms with Gasteiger partial charge in [-0.15, -0.1) is 6.58 Å². The molecule has 3 fully saturated rings. The standard InChI is InChI=1S/C9H15N/c1-2-3-4-10-9-5-8(6-9)7-9/h2,8,10H,1,3-7H2. The molecule has 0 aromatic carbocycles. The Morgan fingerprint density at radius 3 is 2.60 bits per heavy atom. The summed E-state index contributed by atoms with van der Waals surface area (Å²) < 4.78 is 0. The molecule has 0 amide bonds. The maximum Gasteiger partial charge on any atom is 0.0189 e. The molecule has 0 heterocycles. The van der Waals surface area contributed by atoms with Crippen molar-refractivity contribution in [1.29, 1.82) is 0 Å². The Morgan fingerprint density at radius 1 is 1.50 bits per heavy atom. The minimum absolute atomic E-state index is 0.619. The van der Waals surface area contributed by atoms with E-state index in [-0.39, 0.29) is 0 Å². The molecule has 1 heteroatoms. The van der Waals surface area contributed by atoms with Crippen molar-refractivity contribution in [3.63, 3.8) is 0 Å². The van der Waals surface area contributed by atoms with Crippen LogP contribution in [0.25, 0.3) is 0 Å². The van der Waals surface area contributed by atoms with Crippen LogP contribution in [0.15, 0.2) is 12.7 Å². The fourth-order valence-corrected chi connectivity index (χ4v) is 2.13. The minimum atomic E-state index is 0.619. The van der Waals surface area contributed by atoms with E-state index in [0.29, 0.717) is 5.54 Å². The first-order chi connectivity index (χ1) is 4.85. The molecule has 56 valence electrons. The molecule has 3 aliphatic rings. The lowest BCUT2D eigenvalue weighted by atomic mass is 9.50. The molecule has 0 spiro atoms. The first-order valence-electron chi connectivity index (χ1n) is 4.21. The molecule has 0 atom stereocenters. The zero-order valence-corrected chi connectivity index (χ0v) is 6.40. The number of hydrogen-bond donors (Lipinski definition) is 1. The summed E-state index contributed by atoms with van der Waals surface area (Å²) >= 11 is 0. The van der Waals surface area contributed by atoms with Crippen molar-refractivity contribution < 1.29 is 0 Å². The summed E-state index contributed by atoms with van der Waals surface area (Å²) in [5.41, 5.74) is 0.619. The van der Waals surface area contributed by atoms with Gasteiger partial charge in [-0.05, 0) is 38.1 Å². The van der Waals surface area contributed by atoms with Crippen LogP contribution in [-0.4, -0.2) is 12.1 Å². The molecular weight excluding hydrogens is 122 g/mol. The van der Waals surface area contributed by atoms with Crippen molar-refractivity contribution in [3.05, 3.63) is 12.7 Å². The Balaban J connectivity index is 1.66. The van der Waals surface area contributed by atoms with Gasteiger partial charge >= 0.3 is 0 Å². The third-order valence-corrected chi connectivity index (χ3v) is 2.89. The smallest absolute Gasteiger partial charge is 0.0189 e. The lowest BCUT2D eigenvalue weighted by Gasteiger charge is -2.62. The monoisotopic (exact) mass is 137 g/mol. The maximum atomic E-state index is 3.70.